The molecule has 1 heterocycles. The SMILES string of the molecule is Cc1cc(Cl)ccc1C(=O)N1CC(CCl)OC(C)(C)C1. The van der Waals surface area contributed by atoms with Crippen LogP contribution in [-0.2, 0) is 4.74 Å². The molecule has 1 aliphatic heterocycles. The Morgan fingerprint density at radius 2 is 2.20 bits per heavy atom. The number of hydrogen-bond donors (Lipinski definition) is 0. The number of morpholine rings is 1. The topological polar surface area (TPSA) is 29.5 Å². The average Bonchev–Trinajstić information content (AvgIpc) is 2.36. The first-order chi connectivity index (χ1) is 9.32. The van der Waals surface area contributed by atoms with Crippen LogP contribution in [0.5, 0.6) is 0 Å². The lowest BCUT2D eigenvalue weighted by atomic mass is 10.0. The Morgan fingerprint density at radius 1 is 1.50 bits per heavy atom. The van der Waals surface area contributed by atoms with Crippen LogP contribution in [0.1, 0.15) is 29.8 Å². The van der Waals surface area contributed by atoms with Gasteiger partial charge in [-0.25, -0.2) is 0 Å². The van der Waals surface area contributed by atoms with Crippen LogP contribution in [0.2, 0.25) is 5.02 Å². The largest absolute Gasteiger partial charge is 0.367 e. The first kappa shape index (κ1) is 15.6. The van der Waals surface area contributed by atoms with E-state index in [1.54, 1.807) is 18.2 Å². The van der Waals surface area contributed by atoms with Gasteiger partial charge in [0.2, 0.25) is 0 Å². The van der Waals surface area contributed by atoms with E-state index in [2.05, 4.69) is 0 Å². The first-order valence-corrected chi connectivity index (χ1v) is 7.53. The van der Waals surface area contributed by atoms with Gasteiger partial charge in [-0.3, -0.25) is 4.79 Å². The maximum atomic E-state index is 12.7. The Hall–Kier alpha value is -0.770. The van der Waals surface area contributed by atoms with E-state index in [9.17, 15) is 4.79 Å². The molecule has 1 fully saturated rings. The van der Waals surface area contributed by atoms with E-state index in [1.165, 1.54) is 0 Å². The minimum Gasteiger partial charge on any atom is -0.367 e. The summed E-state index contributed by atoms with van der Waals surface area (Å²) in [7, 11) is 0. The number of rotatable bonds is 2. The van der Waals surface area contributed by atoms with Gasteiger partial charge in [0.25, 0.3) is 5.91 Å². The zero-order chi connectivity index (χ0) is 14.9. The van der Waals surface area contributed by atoms with Crippen molar-refractivity contribution in [2.45, 2.75) is 32.5 Å². The molecule has 1 amide bonds. The van der Waals surface area contributed by atoms with Crippen molar-refractivity contribution in [3.8, 4) is 0 Å². The Kier molecular flexibility index (Phi) is 4.62. The minimum atomic E-state index is -0.381. The monoisotopic (exact) mass is 315 g/mol. The van der Waals surface area contributed by atoms with Gasteiger partial charge in [-0.1, -0.05) is 11.6 Å². The second-order valence-electron chi connectivity index (χ2n) is 5.80. The molecule has 0 saturated carbocycles. The second kappa shape index (κ2) is 5.92. The van der Waals surface area contributed by atoms with E-state index in [1.807, 2.05) is 25.7 Å². The number of carbonyl (C=O) groups excluding carboxylic acids is 1. The van der Waals surface area contributed by atoms with Gasteiger partial charge < -0.3 is 9.64 Å². The summed E-state index contributed by atoms with van der Waals surface area (Å²) >= 11 is 11.8. The number of ether oxygens (including phenoxy) is 1. The fourth-order valence-electron chi connectivity index (χ4n) is 2.57. The zero-order valence-electron chi connectivity index (χ0n) is 12.0. The summed E-state index contributed by atoms with van der Waals surface area (Å²) < 4.78 is 5.84. The number of carbonyl (C=O) groups is 1. The lowest BCUT2D eigenvalue weighted by Crippen LogP contribution is -2.55. The summed E-state index contributed by atoms with van der Waals surface area (Å²) in [6.07, 6.45) is -0.128. The summed E-state index contributed by atoms with van der Waals surface area (Å²) in [5.41, 5.74) is 1.18. The molecule has 0 spiro atoms. The smallest absolute Gasteiger partial charge is 0.254 e. The first-order valence-electron chi connectivity index (χ1n) is 6.61. The van der Waals surface area contributed by atoms with Gasteiger partial charge in [-0.15, -0.1) is 11.6 Å². The molecule has 1 aliphatic rings. The van der Waals surface area contributed by atoms with Crippen molar-refractivity contribution in [3.05, 3.63) is 34.3 Å². The highest BCUT2D eigenvalue weighted by Gasteiger charge is 2.35. The summed E-state index contributed by atoms with van der Waals surface area (Å²) in [6.45, 7) is 6.92. The van der Waals surface area contributed by atoms with Crippen LogP contribution in [-0.4, -0.2) is 41.5 Å². The number of halogens is 2. The quantitative estimate of drug-likeness (QED) is 0.782. The van der Waals surface area contributed by atoms with Crippen LogP contribution in [0, 0.1) is 6.92 Å². The molecule has 1 atom stereocenters. The third-order valence-electron chi connectivity index (χ3n) is 3.36. The van der Waals surface area contributed by atoms with Crippen molar-refractivity contribution in [1.82, 2.24) is 4.90 Å². The zero-order valence-corrected chi connectivity index (χ0v) is 13.5. The maximum Gasteiger partial charge on any atom is 0.254 e. The average molecular weight is 316 g/mol. The number of alkyl halides is 1. The van der Waals surface area contributed by atoms with Crippen LogP contribution in [0.25, 0.3) is 0 Å². The fourth-order valence-corrected chi connectivity index (χ4v) is 2.96. The standard InChI is InChI=1S/C15H19Cl2NO2/c1-10-6-11(17)4-5-13(10)14(19)18-8-12(7-16)20-15(2,3)9-18/h4-6,12H,7-9H2,1-3H3. The van der Waals surface area contributed by atoms with Gasteiger partial charge in [0.05, 0.1) is 17.6 Å². The molecular formula is C15H19Cl2NO2. The highest BCUT2D eigenvalue weighted by atomic mass is 35.5. The molecule has 2 rings (SSSR count). The van der Waals surface area contributed by atoms with Gasteiger partial charge in [0.1, 0.15) is 0 Å². The lowest BCUT2D eigenvalue weighted by molar-refractivity contribution is -0.117. The van der Waals surface area contributed by atoms with Crippen molar-refractivity contribution in [2.24, 2.45) is 0 Å². The molecule has 1 saturated heterocycles. The molecule has 0 radical (unpaired) electrons. The fraction of sp³-hybridized carbons (Fsp3) is 0.533. The maximum absolute atomic E-state index is 12.7. The van der Waals surface area contributed by atoms with Gasteiger partial charge in [-0.2, -0.15) is 0 Å². The second-order valence-corrected chi connectivity index (χ2v) is 6.54. The predicted molar refractivity (Wildman–Crippen MR) is 81.8 cm³/mol. The van der Waals surface area contributed by atoms with Crippen molar-refractivity contribution < 1.29 is 9.53 Å². The van der Waals surface area contributed by atoms with Crippen LogP contribution >= 0.6 is 23.2 Å². The molecule has 1 aromatic carbocycles. The van der Waals surface area contributed by atoms with Gasteiger partial charge in [0.15, 0.2) is 0 Å². The Labute approximate surface area is 129 Å². The highest BCUT2D eigenvalue weighted by molar-refractivity contribution is 6.30. The summed E-state index contributed by atoms with van der Waals surface area (Å²) in [5, 5.41) is 0.639. The van der Waals surface area contributed by atoms with Crippen molar-refractivity contribution >= 4 is 29.1 Å². The lowest BCUT2D eigenvalue weighted by Gasteiger charge is -2.42. The van der Waals surface area contributed by atoms with Crippen LogP contribution < -0.4 is 0 Å². The predicted octanol–water partition coefficient (Wildman–Crippen LogP) is 3.51. The molecule has 20 heavy (non-hydrogen) atoms. The number of amides is 1. The Bertz CT molecular complexity index is 517. The van der Waals surface area contributed by atoms with Gasteiger partial charge >= 0.3 is 0 Å². The van der Waals surface area contributed by atoms with E-state index in [4.69, 9.17) is 27.9 Å². The molecule has 1 unspecified atom stereocenters. The molecule has 0 aromatic heterocycles. The van der Waals surface area contributed by atoms with E-state index in [0.29, 0.717) is 29.6 Å². The summed E-state index contributed by atoms with van der Waals surface area (Å²) in [4.78, 5) is 14.5. The summed E-state index contributed by atoms with van der Waals surface area (Å²) in [6, 6.07) is 5.32. The minimum absolute atomic E-state index is 0.00524. The van der Waals surface area contributed by atoms with Crippen molar-refractivity contribution in [2.75, 3.05) is 19.0 Å². The number of benzene rings is 1. The van der Waals surface area contributed by atoms with E-state index in [-0.39, 0.29) is 17.6 Å². The number of nitrogens with zero attached hydrogens (tertiary/aromatic N) is 1. The van der Waals surface area contributed by atoms with Gasteiger partial charge in [-0.05, 0) is 44.5 Å². The molecular weight excluding hydrogens is 297 g/mol. The third-order valence-corrected chi connectivity index (χ3v) is 3.94. The number of aryl methyl sites for hydroxylation is 1. The molecule has 5 heteroatoms. The van der Waals surface area contributed by atoms with E-state index < -0.39 is 0 Å². The summed E-state index contributed by atoms with van der Waals surface area (Å²) in [5.74, 6) is 0.387. The Balaban J connectivity index is 2.23. The molecule has 0 N–H and O–H groups in total. The molecule has 3 nitrogen and oxygen atoms in total. The molecule has 110 valence electrons. The molecule has 0 bridgehead atoms. The van der Waals surface area contributed by atoms with Crippen molar-refractivity contribution in [1.29, 1.82) is 0 Å². The molecule has 0 aliphatic carbocycles. The van der Waals surface area contributed by atoms with E-state index >= 15 is 0 Å². The molecule has 1 aromatic rings. The number of hydrogen-bond acceptors (Lipinski definition) is 2. The van der Waals surface area contributed by atoms with Gasteiger partial charge in [0, 0.05) is 23.7 Å². The van der Waals surface area contributed by atoms with Crippen LogP contribution in [0.15, 0.2) is 18.2 Å². The normalized spacial score (nSPS) is 21.9. The highest BCUT2D eigenvalue weighted by Crippen LogP contribution is 2.24. The van der Waals surface area contributed by atoms with Crippen LogP contribution in [0.3, 0.4) is 0 Å². The third kappa shape index (κ3) is 3.46. The van der Waals surface area contributed by atoms with E-state index in [0.717, 1.165) is 5.56 Å². The van der Waals surface area contributed by atoms with Crippen molar-refractivity contribution in [3.63, 3.8) is 0 Å². The van der Waals surface area contributed by atoms with Crippen LogP contribution in [0.4, 0.5) is 0 Å². The Morgan fingerprint density at radius 3 is 2.80 bits per heavy atom.